The summed E-state index contributed by atoms with van der Waals surface area (Å²) in [6, 6.07) is 0. The average molecular weight is 835 g/mol. The predicted octanol–water partition coefficient (Wildman–Crippen LogP) is 10.7. The van der Waals surface area contributed by atoms with Crippen LogP contribution in [0.1, 0.15) is 146 Å². The highest BCUT2D eigenvalue weighted by atomic mass is 31.2. The lowest BCUT2D eigenvalue weighted by Gasteiger charge is -2.24. The van der Waals surface area contributed by atoms with Crippen LogP contribution in [0.5, 0.6) is 0 Å². The van der Waals surface area contributed by atoms with Gasteiger partial charge in [0.15, 0.2) is 11.9 Å². The second-order valence-electron chi connectivity index (χ2n) is 16.0. The molecule has 1 unspecified atom stereocenters. The van der Waals surface area contributed by atoms with Gasteiger partial charge in [-0.1, -0.05) is 94.9 Å². The molecule has 0 bridgehead atoms. The summed E-state index contributed by atoms with van der Waals surface area (Å²) in [5, 5.41) is 0. The fourth-order valence-electron chi connectivity index (χ4n) is 5.84. The minimum absolute atomic E-state index is 0.0214. The number of ketones is 1. The number of phosphoric ester groups is 1. The van der Waals surface area contributed by atoms with Crippen molar-refractivity contribution in [3.63, 3.8) is 0 Å². The maximum Gasteiger partial charge on any atom is 0.472 e. The van der Waals surface area contributed by atoms with Gasteiger partial charge in [0.25, 0.3) is 0 Å². The lowest BCUT2D eigenvalue weighted by Crippen LogP contribution is -2.37. The maximum absolute atomic E-state index is 12.7. The van der Waals surface area contributed by atoms with E-state index in [1.807, 2.05) is 33.3 Å². The van der Waals surface area contributed by atoms with Crippen LogP contribution in [0.4, 0.5) is 0 Å². The quantitative estimate of drug-likeness (QED) is 0.0134. The highest BCUT2D eigenvalue weighted by molar-refractivity contribution is 7.47. The third-order valence-corrected chi connectivity index (χ3v) is 10.5. The Morgan fingerprint density at radius 2 is 1.34 bits per heavy atom. The van der Waals surface area contributed by atoms with Crippen LogP contribution in [0.15, 0.2) is 53.0 Å². The van der Waals surface area contributed by atoms with Crippen LogP contribution in [0.25, 0.3) is 0 Å². The molecule has 0 aliphatic rings. The molecule has 330 valence electrons. The summed E-state index contributed by atoms with van der Waals surface area (Å²) >= 11 is 0. The molecule has 0 spiro atoms. The summed E-state index contributed by atoms with van der Waals surface area (Å²) in [7, 11) is 1.30. The number of likely N-dealkylation sites (N-methyl/N-ethyl adjacent to an activating group) is 1. The molecule has 0 aliphatic carbocycles. The largest absolute Gasteiger partial charge is 0.472 e. The van der Waals surface area contributed by atoms with E-state index in [0.717, 1.165) is 82.1 Å². The van der Waals surface area contributed by atoms with Crippen molar-refractivity contribution in [1.82, 2.24) is 0 Å². The van der Waals surface area contributed by atoms with Gasteiger partial charge >= 0.3 is 19.8 Å². The maximum atomic E-state index is 12.7. The molecule has 0 saturated carbocycles. The van der Waals surface area contributed by atoms with Crippen LogP contribution < -0.4 is 0 Å². The molecule has 0 aromatic carbocycles. The van der Waals surface area contributed by atoms with E-state index in [1.54, 1.807) is 6.08 Å². The zero-order valence-electron chi connectivity index (χ0n) is 37.0. The average Bonchev–Trinajstić information content (AvgIpc) is 3.42. The number of aryl methyl sites for hydroxylation is 2. The molecular weight excluding hydrogens is 757 g/mol. The van der Waals surface area contributed by atoms with Crippen molar-refractivity contribution < 1.29 is 51.3 Å². The Labute approximate surface area is 350 Å². The molecule has 2 atom stereocenters. The van der Waals surface area contributed by atoms with Gasteiger partial charge in [-0.2, -0.15) is 0 Å². The van der Waals surface area contributed by atoms with Crippen LogP contribution in [0, 0.1) is 13.8 Å². The van der Waals surface area contributed by atoms with Crippen molar-refractivity contribution in [2.45, 2.75) is 156 Å². The molecule has 1 aromatic heterocycles. The number of unbranched alkanes of at least 4 members (excludes halogenated alkanes) is 8. The number of ether oxygens (including phenoxy) is 2. The third kappa shape index (κ3) is 28.4. The van der Waals surface area contributed by atoms with Gasteiger partial charge in [0, 0.05) is 32.1 Å². The van der Waals surface area contributed by atoms with Gasteiger partial charge in [-0.15, -0.1) is 0 Å². The van der Waals surface area contributed by atoms with Crippen molar-refractivity contribution in [2.75, 3.05) is 47.5 Å². The summed E-state index contributed by atoms with van der Waals surface area (Å²) in [6.45, 7) is 8.24. The summed E-state index contributed by atoms with van der Waals surface area (Å²) in [5.41, 5.74) is 2.55. The first-order valence-corrected chi connectivity index (χ1v) is 23.2. The number of phosphoric acid groups is 1. The molecule has 1 rings (SSSR count). The highest BCUT2D eigenvalue weighted by Gasteiger charge is 2.27. The van der Waals surface area contributed by atoms with Crippen LogP contribution in [-0.2, 0) is 50.3 Å². The lowest BCUT2D eigenvalue weighted by molar-refractivity contribution is -0.870. The molecule has 0 aliphatic heterocycles. The Hall–Kier alpha value is -3.08. The van der Waals surface area contributed by atoms with E-state index in [0.29, 0.717) is 17.4 Å². The summed E-state index contributed by atoms with van der Waals surface area (Å²) in [4.78, 5) is 47.7. The molecule has 0 fully saturated rings. The zero-order chi connectivity index (χ0) is 43.1. The highest BCUT2D eigenvalue weighted by Crippen LogP contribution is 2.43. The van der Waals surface area contributed by atoms with Gasteiger partial charge in [0.05, 0.1) is 27.7 Å². The summed E-state index contributed by atoms with van der Waals surface area (Å²) in [6.07, 6.45) is 30.3. The Morgan fingerprint density at radius 3 is 2.03 bits per heavy atom. The zero-order valence-corrected chi connectivity index (χ0v) is 37.9. The Morgan fingerprint density at radius 1 is 0.707 bits per heavy atom. The second-order valence-corrected chi connectivity index (χ2v) is 17.4. The molecule has 1 N–H and O–H groups in total. The smallest absolute Gasteiger partial charge is 0.466 e. The molecule has 1 heterocycles. The normalized spacial score (nSPS) is 13.9. The van der Waals surface area contributed by atoms with Crippen LogP contribution in [-0.4, -0.2) is 80.7 Å². The van der Waals surface area contributed by atoms with Gasteiger partial charge < -0.3 is 23.3 Å². The Kier molecular flexibility index (Phi) is 29.0. The van der Waals surface area contributed by atoms with Crippen molar-refractivity contribution in [3.05, 3.63) is 71.3 Å². The fourth-order valence-corrected chi connectivity index (χ4v) is 6.58. The topological polar surface area (TPSA) is 139 Å². The number of quaternary nitrogens is 1. The second kappa shape index (κ2) is 31.8. The molecule has 58 heavy (non-hydrogen) atoms. The Bertz CT molecular complexity index is 1470. The van der Waals surface area contributed by atoms with Crippen LogP contribution in [0.3, 0.4) is 0 Å². The number of rotatable bonds is 35. The number of hydrogen-bond donors (Lipinski definition) is 1. The first-order valence-electron chi connectivity index (χ1n) is 21.7. The van der Waals surface area contributed by atoms with Gasteiger partial charge in [-0.05, 0) is 82.4 Å². The van der Waals surface area contributed by atoms with E-state index < -0.39 is 32.5 Å². The molecule has 0 saturated heterocycles. The van der Waals surface area contributed by atoms with E-state index in [9.17, 15) is 23.8 Å². The van der Waals surface area contributed by atoms with Crippen molar-refractivity contribution in [2.24, 2.45) is 0 Å². The van der Waals surface area contributed by atoms with Gasteiger partial charge in [0.1, 0.15) is 31.3 Å². The number of nitrogens with zero attached hydrogens (tertiary/aromatic N) is 1. The van der Waals surface area contributed by atoms with Crippen molar-refractivity contribution >= 4 is 25.5 Å². The van der Waals surface area contributed by atoms with E-state index in [2.05, 4.69) is 52.0 Å². The number of hydrogen-bond acceptors (Lipinski definition) is 9. The first-order chi connectivity index (χ1) is 27.7. The summed E-state index contributed by atoms with van der Waals surface area (Å²) < 4.78 is 40.2. The van der Waals surface area contributed by atoms with E-state index in [4.69, 9.17) is 22.9 Å². The Balaban J connectivity index is 2.47. The minimum Gasteiger partial charge on any atom is -0.466 e. The first kappa shape index (κ1) is 52.9. The standard InChI is InChI=1S/C46H76NO10P/c1-8-10-11-12-13-14-15-16-17-18-19-22-25-30-41(48)31-28-34-46(50)56-42(38-55-58(51,52)54-36-35-47(5,6)7)37-53-45(49)33-27-24-21-20-23-26-32-44-40(4)39(3)43(57-44)29-9-2/h13-14,16-17,19,22,25,30,42H,8-12,15,18,20-21,23-24,26-29,31-38H2,1-7H3/p+1/b14-13-,17-16-,22-19-,30-25+/t42-/m1/s1. The number of esters is 2. The van der Waals surface area contributed by atoms with Crippen LogP contribution >= 0.6 is 7.82 Å². The monoisotopic (exact) mass is 835 g/mol. The minimum atomic E-state index is -4.46. The van der Waals surface area contributed by atoms with Crippen molar-refractivity contribution in [3.8, 4) is 0 Å². The van der Waals surface area contributed by atoms with E-state index in [1.165, 1.54) is 36.5 Å². The number of allylic oxidation sites excluding steroid dienone is 8. The molecule has 0 amide bonds. The van der Waals surface area contributed by atoms with Gasteiger partial charge in [-0.3, -0.25) is 23.4 Å². The lowest BCUT2D eigenvalue weighted by atomic mass is 10.0. The van der Waals surface area contributed by atoms with Crippen LogP contribution in [0.2, 0.25) is 0 Å². The number of carbonyl (C=O) groups is 3. The van der Waals surface area contributed by atoms with Gasteiger partial charge in [0.2, 0.25) is 0 Å². The summed E-state index contributed by atoms with van der Waals surface area (Å²) in [5.74, 6) is 1.000. The molecule has 1 aromatic rings. The predicted molar refractivity (Wildman–Crippen MR) is 232 cm³/mol. The number of carbonyl (C=O) groups excluding carboxylic acids is 3. The van der Waals surface area contributed by atoms with E-state index >= 15 is 0 Å². The number of furan rings is 1. The molecule has 0 radical (unpaired) electrons. The third-order valence-electron chi connectivity index (χ3n) is 9.51. The SMILES string of the molecule is CCCCC/C=C\C/C=C\C/C=C\C=C\C(=O)CCCC(=O)O[C@H](COC(=O)CCCCCCCCc1oc(CCC)c(C)c1C)COP(=O)(O)OCC[N+](C)(C)C. The molecule has 11 nitrogen and oxygen atoms in total. The molecular formula is C46H77NO10P+. The van der Waals surface area contributed by atoms with E-state index in [-0.39, 0.29) is 44.7 Å². The van der Waals surface area contributed by atoms with Gasteiger partial charge in [-0.25, -0.2) is 4.57 Å². The van der Waals surface area contributed by atoms with Crippen molar-refractivity contribution in [1.29, 1.82) is 0 Å². The fraction of sp³-hybridized carbons (Fsp3) is 0.674. The molecule has 12 heteroatoms.